The lowest BCUT2D eigenvalue weighted by atomic mass is 9.94. The molecule has 0 aromatic carbocycles. The van der Waals surface area contributed by atoms with E-state index in [-0.39, 0.29) is 11.9 Å². The highest BCUT2D eigenvalue weighted by atomic mass is 16.2. The molecular weight excluding hydrogens is 340 g/mol. The standard InChI is InChI=1S/C20H28N6O/c1-15-22-19(24-23-15)18-14-25(17-6-3-2-4-7-17)12-5-13-26(18)20(27)16-8-10-21-11-9-16/h8-11,17-18H,2-7,12-14H2,1H3,(H,22,23,24). The molecule has 7 nitrogen and oxygen atoms in total. The average molecular weight is 368 g/mol. The normalized spacial score (nSPS) is 22.6. The number of amides is 1. The highest BCUT2D eigenvalue weighted by Gasteiger charge is 2.35. The number of hydrogen-bond donors (Lipinski definition) is 1. The van der Waals surface area contributed by atoms with Crippen LogP contribution in [0.25, 0.3) is 0 Å². The molecule has 2 aromatic heterocycles. The largest absolute Gasteiger partial charge is 0.327 e. The van der Waals surface area contributed by atoms with Gasteiger partial charge in [0.2, 0.25) is 0 Å². The van der Waals surface area contributed by atoms with Gasteiger partial charge in [0.1, 0.15) is 11.9 Å². The van der Waals surface area contributed by atoms with Crippen molar-refractivity contribution in [3.05, 3.63) is 41.7 Å². The first-order valence-electron chi connectivity index (χ1n) is 10.1. The van der Waals surface area contributed by atoms with Crippen LogP contribution in [-0.2, 0) is 0 Å². The molecule has 1 N–H and O–H groups in total. The number of aryl methyl sites for hydroxylation is 1. The van der Waals surface area contributed by atoms with Crippen molar-refractivity contribution in [2.75, 3.05) is 19.6 Å². The summed E-state index contributed by atoms with van der Waals surface area (Å²) in [5.74, 6) is 1.54. The summed E-state index contributed by atoms with van der Waals surface area (Å²) in [6, 6.07) is 4.07. The number of aromatic nitrogens is 4. The smallest absolute Gasteiger partial charge is 0.254 e. The van der Waals surface area contributed by atoms with Gasteiger partial charge < -0.3 is 4.90 Å². The molecule has 1 aliphatic carbocycles. The van der Waals surface area contributed by atoms with Crippen LogP contribution in [0.5, 0.6) is 0 Å². The van der Waals surface area contributed by atoms with Crippen molar-refractivity contribution in [3.63, 3.8) is 0 Å². The Bertz CT molecular complexity index is 755. The molecule has 27 heavy (non-hydrogen) atoms. The third-order valence-electron chi connectivity index (χ3n) is 5.82. The summed E-state index contributed by atoms with van der Waals surface area (Å²) in [6.07, 6.45) is 10.8. The van der Waals surface area contributed by atoms with Crippen molar-refractivity contribution in [3.8, 4) is 0 Å². The van der Waals surface area contributed by atoms with E-state index in [4.69, 9.17) is 0 Å². The molecule has 0 spiro atoms. The van der Waals surface area contributed by atoms with Crippen LogP contribution in [0.1, 0.15) is 66.6 Å². The second kappa shape index (κ2) is 8.17. The molecule has 3 heterocycles. The Kier molecular flexibility index (Phi) is 5.48. The fraction of sp³-hybridized carbons (Fsp3) is 0.600. The highest BCUT2D eigenvalue weighted by Crippen LogP contribution is 2.29. The van der Waals surface area contributed by atoms with E-state index in [0.29, 0.717) is 11.6 Å². The molecule has 0 bridgehead atoms. The minimum atomic E-state index is -0.125. The fourth-order valence-corrected chi connectivity index (χ4v) is 4.42. The number of aromatic amines is 1. The second-order valence-corrected chi connectivity index (χ2v) is 7.67. The molecule has 1 atom stereocenters. The van der Waals surface area contributed by atoms with E-state index < -0.39 is 0 Å². The monoisotopic (exact) mass is 368 g/mol. The molecule has 7 heteroatoms. The maximum Gasteiger partial charge on any atom is 0.254 e. The molecule has 1 aliphatic heterocycles. The first-order chi connectivity index (χ1) is 13.2. The zero-order chi connectivity index (χ0) is 18.6. The van der Waals surface area contributed by atoms with Gasteiger partial charge in [0.25, 0.3) is 5.91 Å². The van der Waals surface area contributed by atoms with E-state index in [9.17, 15) is 4.79 Å². The minimum absolute atomic E-state index is 0.0374. The zero-order valence-corrected chi connectivity index (χ0v) is 16.0. The lowest BCUT2D eigenvalue weighted by Gasteiger charge is -2.36. The Morgan fingerprint density at radius 1 is 1.11 bits per heavy atom. The van der Waals surface area contributed by atoms with Crippen LogP contribution in [0.15, 0.2) is 24.5 Å². The number of pyridine rings is 1. The lowest BCUT2D eigenvalue weighted by Crippen LogP contribution is -2.42. The third kappa shape index (κ3) is 4.03. The molecule has 2 aliphatic rings. The topological polar surface area (TPSA) is 78.0 Å². The summed E-state index contributed by atoms with van der Waals surface area (Å²) in [7, 11) is 0. The number of nitrogens with zero attached hydrogens (tertiary/aromatic N) is 5. The summed E-state index contributed by atoms with van der Waals surface area (Å²) in [4.78, 5) is 26.4. The van der Waals surface area contributed by atoms with E-state index in [1.807, 2.05) is 11.8 Å². The van der Waals surface area contributed by atoms with E-state index in [1.54, 1.807) is 24.5 Å². The first kappa shape index (κ1) is 18.1. The summed E-state index contributed by atoms with van der Waals surface area (Å²) < 4.78 is 0. The fourth-order valence-electron chi connectivity index (χ4n) is 4.42. The highest BCUT2D eigenvalue weighted by molar-refractivity contribution is 5.94. The summed E-state index contributed by atoms with van der Waals surface area (Å²) in [5.41, 5.74) is 0.674. The maximum atomic E-state index is 13.2. The van der Waals surface area contributed by atoms with Gasteiger partial charge in [-0.15, -0.1) is 0 Å². The predicted molar refractivity (Wildman–Crippen MR) is 102 cm³/mol. The minimum Gasteiger partial charge on any atom is -0.327 e. The Labute approximate surface area is 160 Å². The summed E-state index contributed by atoms with van der Waals surface area (Å²) >= 11 is 0. The van der Waals surface area contributed by atoms with E-state index in [0.717, 1.165) is 37.7 Å². The molecule has 144 valence electrons. The molecule has 1 amide bonds. The van der Waals surface area contributed by atoms with Crippen LogP contribution in [0.4, 0.5) is 0 Å². The van der Waals surface area contributed by atoms with Gasteiger partial charge in [0.15, 0.2) is 5.82 Å². The molecule has 0 radical (unpaired) electrons. The molecule has 2 aromatic rings. The van der Waals surface area contributed by atoms with Crippen molar-refractivity contribution in [2.24, 2.45) is 0 Å². The molecule has 1 saturated carbocycles. The molecule has 1 saturated heterocycles. The zero-order valence-electron chi connectivity index (χ0n) is 16.0. The average Bonchev–Trinajstić information content (AvgIpc) is 3.03. The Morgan fingerprint density at radius 2 is 1.89 bits per heavy atom. The number of carbonyl (C=O) groups is 1. The van der Waals surface area contributed by atoms with Crippen LogP contribution in [-0.4, -0.2) is 61.5 Å². The molecule has 2 fully saturated rings. The Morgan fingerprint density at radius 3 is 2.59 bits per heavy atom. The molecule has 1 unspecified atom stereocenters. The molecule has 4 rings (SSSR count). The maximum absolute atomic E-state index is 13.2. The molecular formula is C20H28N6O. The van der Waals surface area contributed by atoms with Crippen molar-refractivity contribution in [1.82, 2.24) is 30.0 Å². The quantitative estimate of drug-likeness (QED) is 0.901. The number of rotatable bonds is 3. The van der Waals surface area contributed by atoms with Crippen molar-refractivity contribution < 1.29 is 4.79 Å². The second-order valence-electron chi connectivity index (χ2n) is 7.67. The number of hydrogen-bond acceptors (Lipinski definition) is 5. The number of nitrogens with one attached hydrogen (secondary N) is 1. The van der Waals surface area contributed by atoms with E-state index in [2.05, 4.69) is 25.1 Å². The van der Waals surface area contributed by atoms with Gasteiger partial charge >= 0.3 is 0 Å². The van der Waals surface area contributed by atoms with Gasteiger partial charge in [0, 0.05) is 43.6 Å². The number of carbonyl (C=O) groups excluding carboxylic acids is 1. The third-order valence-corrected chi connectivity index (χ3v) is 5.82. The van der Waals surface area contributed by atoms with Crippen LogP contribution in [0, 0.1) is 6.92 Å². The van der Waals surface area contributed by atoms with Gasteiger partial charge in [-0.2, -0.15) is 5.10 Å². The van der Waals surface area contributed by atoms with Crippen molar-refractivity contribution in [1.29, 1.82) is 0 Å². The Balaban J connectivity index is 1.62. The SMILES string of the molecule is Cc1nc(C2CN(C3CCCCC3)CCCN2C(=O)c2ccncc2)n[nH]1. The van der Waals surface area contributed by atoms with Gasteiger partial charge in [-0.25, -0.2) is 4.98 Å². The van der Waals surface area contributed by atoms with Crippen LogP contribution in [0.3, 0.4) is 0 Å². The predicted octanol–water partition coefficient (Wildman–Crippen LogP) is 2.73. The van der Waals surface area contributed by atoms with Crippen LogP contribution >= 0.6 is 0 Å². The van der Waals surface area contributed by atoms with Crippen LogP contribution < -0.4 is 0 Å². The summed E-state index contributed by atoms with van der Waals surface area (Å²) in [5, 5.41) is 7.37. The van der Waals surface area contributed by atoms with Gasteiger partial charge in [-0.1, -0.05) is 19.3 Å². The Hall–Kier alpha value is -2.28. The van der Waals surface area contributed by atoms with Crippen LogP contribution in [0.2, 0.25) is 0 Å². The number of H-pyrrole nitrogens is 1. The first-order valence-corrected chi connectivity index (χ1v) is 10.1. The lowest BCUT2D eigenvalue weighted by molar-refractivity contribution is 0.0641. The van der Waals surface area contributed by atoms with Crippen molar-refractivity contribution in [2.45, 2.75) is 57.5 Å². The van der Waals surface area contributed by atoms with E-state index in [1.165, 1.54) is 32.1 Å². The van der Waals surface area contributed by atoms with Gasteiger partial charge in [-0.3, -0.25) is 19.8 Å². The summed E-state index contributed by atoms with van der Waals surface area (Å²) in [6.45, 7) is 4.47. The van der Waals surface area contributed by atoms with E-state index >= 15 is 0 Å². The van der Waals surface area contributed by atoms with Gasteiger partial charge in [-0.05, 0) is 38.3 Å². The van der Waals surface area contributed by atoms with Crippen molar-refractivity contribution >= 4 is 5.91 Å². The van der Waals surface area contributed by atoms with Gasteiger partial charge in [0.05, 0.1) is 0 Å².